The van der Waals surface area contributed by atoms with Crippen LogP contribution in [0.4, 0.5) is 0 Å². The van der Waals surface area contributed by atoms with Crippen molar-refractivity contribution in [1.29, 1.82) is 0 Å². The van der Waals surface area contributed by atoms with Crippen LogP contribution in [-0.2, 0) is 11.3 Å². The van der Waals surface area contributed by atoms with E-state index in [1.807, 2.05) is 17.0 Å². The summed E-state index contributed by atoms with van der Waals surface area (Å²) in [6, 6.07) is 7.22. The minimum absolute atomic E-state index is 0.162. The molecule has 19 heavy (non-hydrogen) atoms. The minimum atomic E-state index is -0.325. The van der Waals surface area contributed by atoms with Crippen molar-refractivity contribution in [2.24, 2.45) is 11.8 Å². The number of nitrogen functional groups attached to an aromatic ring is 1. The molecule has 5 heteroatoms. The van der Waals surface area contributed by atoms with Crippen LogP contribution in [0.2, 0.25) is 0 Å². The van der Waals surface area contributed by atoms with Crippen LogP contribution in [0.5, 0.6) is 0 Å². The fraction of sp³-hybridized carbons (Fsp3) is 0.429. The van der Waals surface area contributed by atoms with E-state index in [0.29, 0.717) is 24.4 Å². The maximum atomic E-state index is 11.9. The summed E-state index contributed by atoms with van der Waals surface area (Å²) in [4.78, 5) is 25.4. The van der Waals surface area contributed by atoms with Crippen LogP contribution in [0.25, 0.3) is 0 Å². The number of hydrazine groups is 1. The van der Waals surface area contributed by atoms with Gasteiger partial charge < -0.3 is 4.90 Å². The number of hydrogen-bond acceptors (Lipinski definition) is 3. The molecule has 2 amide bonds. The third-order valence-corrected chi connectivity index (χ3v) is 3.63. The Morgan fingerprint density at radius 2 is 2.21 bits per heavy atom. The Labute approximate surface area is 112 Å². The Morgan fingerprint density at radius 1 is 1.47 bits per heavy atom. The largest absolute Gasteiger partial charge is 0.338 e. The molecule has 1 unspecified atom stereocenters. The number of likely N-dealkylation sites (tertiary alicyclic amines) is 1. The number of carbonyl (C=O) groups is 2. The molecular formula is C14H19N3O2. The molecule has 0 aliphatic carbocycles. The van der Waals surface area contributed by atoms with E-state index >= 15 is 0 Å². The topological polar surface area (TPSA) is 75.4 Å². The maximum absolute atomic E-state index is 11.9. The highest BCUT2D eigenvalue weighted by Gasteiger charge is 2.28. The lowest BCUT2D eigenvalue weighted by Crippen LogP contribution is -2.32. The number of nitrogens with two attached hydrogens (primary N) is 1. The van der Waals surface area contributed by atoms with Crippen molar-refractivity contribution in [2.45, 2.75) is 26.3 Å². The highest BCUT2D eigenvalue weighted by molar-refractivity contribution is 5.95. The molecule has 1 saturated heterocycles. The first-order valence-electron chi connectivity index (χ1n) is 6.52. The molecule has 0 saturated carbocycles. The standard InChI is InChI=1S/C14H19N3O2/c1-2-10-7-13(18)17(8-10)9-11-5-3-4-6-12(11)14(19)16-15/h3-6,10H,2,7-9,15H2,1H3,(H,16,19). The predicted octanol–water partition coefficient (Wildman–Crippen LogP) is 1.05. The highest BCUT2D eigenvalue weighted by Crippen LogP contribution is 2.23. The summed E-state index contributed by atoms with van der Waals surface area (Å²) in [5.74, 6) is 5.44. The Morgan fingerprint density at radius 3 is 2.84 bits per heavy atom. The van der Waals surface area contributed by atoms with Gasteiger partial charge in [0.25, 0.3) is 5.91 Å². The fourth-order valence-electron chi connectivity index (χ4n) is 2.44. The van der Waals surface area contributed by atoms with Crippen molar-refractivity contribution < 1.29 is 9.59 Å². The zero-order valence-electron chi connectivity index (χ0n) is 11.1. The normalized spacial score (nSPS) is 18.7. The van der Waals surface area contributed by atoms with Gasteiger partial charge in [-0.1, -0.05) is 31.5 Å². The lowest BCUT2D eigenvalue weighted by molar-refractivity contribution is -0.128. The molecule has 1 aromatic rings. The lowest BCUT2D eigenvalue weighted by Gasteiger charge is -2.18. The van der Waals surface area contributed by atoms with E-state index in [0.717, 1.165) is 18.5 Å². The van der Waals surface area contributed by atoms with Crippen molar-refractivity contribution in [3.05, 3.63) is 35.4 Å². The molecular weight excluding hydrogens is 242 g/mol. The molecule has 1 aromatic carbocycles. The second kappa shape index (κ2) is 5.84. The summed E-state index contributed by atoms with van der Waals surface area (Å²) in [5, 5.41) is 0. The maximum Gasteiger partial charge on any atom is 0.265 e. The molecule has 0 aromatic heterocycles. The van der Waals surface area contributed by atoms with Crippen LogP contribution in [0.3, 0.4) is 0 Å². The van der Waals surface area contributed by atoms with E-state index < -0.39 is 0 Å². The fourth-order valence-corrected chi connectivity index (χ4v) is 2.44. The van der Waals surface area contributed by atoms with E-state index in [1.54, 1.807) is 12.1 Å². The first-order chi connectivity index (χ1) is 9.15. The summed E-state index contributed by atoms with van der Waals surface area (Å²) in [6.07, 6.45) is 1.62. The first-order valence-corrected chi connectivity index (χ1v) is 6.52. The zero-order valence-corrected chi connectivity index (χ0v) is 11.1. The Kier molecular flexibility index (Phi) is 4.16. The van der Waals surface area contributed by atoms with Gasteiger partial charge in [-0.15, -0.1) is 0 Å². The van der Waals surface area contributed by atoms with Crippen LogP contribution in [0.1, 0.15) is 35.7 Å². The Bertz CT molecular complexity index is 487. The Balaban J connectivity index is 2.15. The van der Waals surface area contributed by atoms with E-state index in [1.165, 1.54) is 0 Å². The molecule has 1 atom stereocenters. The number of carbonyl (C=O) groups excluding carboxylic acids is 2. The summed E-state index contributed by atoms with van der Waals surface area (Å²) < 4.78 is 0. The molecule has 5 nitrogen and oxygen atoms in total. The van der Waals surface area contributed by atoms with Crippen molar-refractivity contribution in [3.63, 3.8) is 0 Å². The molecule has 0 radical (unpaired) electrons. The van der Waals surface area contributed by atoms with Gasteiger partial charge in [-0.2, -0.15) is 0 Å². The summed E-state index contributed by atoms with van der Waals surface area (Å²) in [7, 11) is 0. The minimum Gasteiger partial charge on any atom is -0.338 e. The predicted molar refractivity (Wildman–Crippen MR) is 71.9 cm³/mol. The number of benzene rings is 1. The van der Waals surface area contributed by atoms with Crippen LogP contribution in [0, 0.1) is 5.92 Å². The second-order valence-corrected chi connectivity index (χ2v) is 4.88. The molecule has 3 N–H and O–H groups in total. The number of nitrogens with zero attached hydrogens (tertiary/aromatic N) is 1. The van der Waals surface area contributed by atoms with Gasteiger partial charge in [-0.3, -0.25) is 15.0 Å². The van der Waals surface area contributed by atoms with Crippen molar-refractivity contribution in [3.8, 4) is 0 Å². The van der Waals surface area contributed by atoms with Crippen molar-refractivity contribution >= 4 is 11.8 Å². The van der Waals surface area contributed by atoms with Gasteiger partial charge in [0.05, 0.1) is 0 Å². The van der Waals surface area contributed by atoms with Crippen LogP contribution >= 0.6 is 0 Å². The van der Waals surface area contributed by atoms with Gasteiger partial charge in [0.1, 0.15) is 0 Å². The lowest BCUT2D eigenvalue weighted by atomic mass is 10.1. The van der Waals surface area contributed by atoms with E-state index in [-0.39, 0.29) is 11.8 Å². The smallest absolute Gasteiger partial charge is 0.265 e. The van der Waals surface area contributed by atoms with Gasteiger partial charge in [-0.25, -0.2) is 5.84 Å². The summed E-state index contributed by atoms with van der Waals surface area (Å²) in [5.41, 5.74) is 3.49. The van der Waals surface area contributed by atoms with Gasteiger partial charge in [-0.05, 0) is 17.5 Å². The van der Waals surface area contributed by atoms with Gasteiger partial charge in [0, 0.05) is 25.1 Å². The van der Waals surface area contributed by atoms with E-state index in [2.05, 4.69) is 12.3 Å². The third-order valence-electron chi connectivity index (χ3n) is 3.63. The summed E-state index contributed by atoms with van der Waals surface area (Å²) in [6.45, 7) is 3.34. The molecule has 1 aliphatic rings. The number of hydrogen-bond donors (Lipinski definition) is 2. The van der Waals surface area contributed by atoms with Crippen LogP contribution in [0.15, 0.2) is 24.3 Å². The summed E-state index contributed by atoms with van der Waals surface area (Å²) >= 11 is 0. The average molecular weight is 261 g/mol. The molecule has 102 valence electrons. The Hall–Kier alpha value is -1.88. The average Bonchev–Trinajstić information content (AvgIpc) is 2.79. The second-order valence-electron chi connectivity index (χ2n) is 4.88. The number of amides is 2. The molecule has 2 rings (SSSR count). The highest BCUT2D eigenvalue weighted by atomic mass is 16.2. The van der Waals surface area contributed by atoms with Gasteiger partial charge in [0.15, 0.2) is 0 Å². The van der Waals surface area contributed by atoms with Gasteiger partial charge >= 0.3 is 0 Å². The monoisotopic (exact) mass is 261 g/mol. The molecule has 1 heterocycles. The molecule has 0 spiro atoms. The quantitative estimate of drug-likeness (QED) is 0.483. The van der Waals surface area contributed by atoms with E-state index in [4.69, 9.17) is 5.84 Å². The molecule has 1 fully saturated rings. The number of nitrogens with one attached hydrogen (secondary N) is 1. The number of rotatable bonds is 4. The van der Waals surface area contributed by atoms with E-state index in [9.17, 15) is 9.59 Å². The first kappa shape index (κ1) is 13.5. The van der Waals surface area contributed by atoms with Crippen LogP contribution < -0.4 is 11.3 Å². The molecule has 1 aliphatic heterocycles. The molecule has 0 bridgehead atoms. The van der Waals surface area contributed by atoms with Crippen molar-refractivity contribution in [1.82, 2.24) is 10.3 Å². The third kappa shape index (κ3) is 2.93. The SMILES string of the molecule is CCC1CC(=O)N(Cc2ccccc2C(=O)NN)C1. The van der Waals surface area contributed by atoms with Crippen molar-refractivity contribution in [2.75, 3.05) is 6.54 Å². The zero-order chi connectivity index (χ0) is 13.8. The van der Waals surface area contributed by atoms with Crippen LogP contribution in [-0.4, -0.2) is 23.3 Å². The van der Waals surface area contributed by atoms with Gasteiger partial charge in [0.2, 0.25) is 5.91 Å².